The Bertz CT molecular complexity index is 506. The summed E-state index contributed by atoms with van der Waals surface area (Å²) < 4.78 is 0. The Morgan fingerprint density at radius 1 is 1.12 bits per heavy atom. The summed E-state index contributed by atoms with van der Waals surface area (Å²) in [5.74, 6) is 0. The molecule has 17 heavy (non-hydrogen) atoms. The largest absolute Gasteiger partial charge is 0.392 e. The zero-order valence-electron chi connectivity index (χ0n) is 9.85. The van der Waals surface area contributed by atoms with E-state index in [2.05, 4.69) is 4.98 Å². The highest BCUT2D eigenvalue weighted by molar-refractivity contribution is 5.60. The molecular formula is C14H16N2O. The van der Waals surface area contributed by atoms with Crippen molar-refractivity contribution in [2.24, 2.45) is 5.73 Å². The maximum absolute atomic E-state index is 9.17. The number of aromatic nitrogens is 1. The van der Waals surface area contributed by atoms with Crippen LogP contribution in [0, 0.1) is 6.92 Å². The van der Waals surface area contributed by atoms with Crippen LogP contribution in [0.4, 0.5) is 0 Å². The molecule has 1 aromatic carbocycles. The van der Waals surface area contributed by atoms with Crippen molar-refractivity contribution in [2.75, 3.05) is 0 Å². The first-order chi connectivity index (χ1) is 8.22. The van der Waals surface area contributed by atoms with Gasteiger partial charge in [0.05, 0.1) is 12.3 Å². The maximum Gasteiger partial charge on any atom is 0.0708 e. The summed E-state index contributed by atoms with van der Waals surface area (Å²) in [6, 6.07) is 11.8. The maximum atomic E-state index is 9.17. The van der Waals surface area contributed by atoms with Gasteiger partial charge in [0.2, 0.25) is 0 Å². The zero-order chi connectivity index (χ0) is 12.3. The molecule has 0 saturated carbocycles. The summed E-state index contributed by atoms with van der Waals surface area (Å²) in [7, 11) is 0. The van der Waals surface area contributed by atoms with Gasteiger partial charge in [0.1, 0.15) is 0 Å². The number of hydrogen-bond acceptors (Lipinski definition) is 3. The average Bonchev–Trinajstić information content (AvgIpc) is 2.38. The number of aliphatic hydroxyl groups excluding tert-OH is 1. The van der Waals surface area contributed by atoms with Crippen molar-refractivity contribution in [1.29, 1.82) is 0 Å². The fraction of sp³-hybridized carbons (Fsp3) is 0.214. The molecule has 3 nitrogen and oxygen atoms in total. The molecule has 2 rings (SSSR count). The minimum absolute atomic E-state index is 0.0389. The summed E-state index contributed by atoms with van der Waals surface area (Å²) in [4.78, 5) is 4.47. The highest BCUT2D eigenvalue weighted by Crippen LogP contribution is 2.19. The topological polar surface area (TPSA) is 59.1 Å². The Kier molecular flexibility index (Phi) is 3.52. The second-order valence-corrected chi connectivity index (χ2v) is 4.06. The third-order valence-electron chi connectivity index (χ3n) is 2.68. The Labute approximate surface area is 101 Å². The Balaban J connectivity index is 2.41. The standard InChI is InChI=1S/C14H16N2O/c1-10-6-12(9-17)7-14(16-10)13-4-2-11(8-15)3-5-13/h2-7,17H,8-9,15H2,1H3. The average molecular weight is 228 g/mol. The van der Waals surface area contributed by atoms with E-state index < -0.39 is 0 Å². The van der Waals surface area contributed by atoms with Crippen molar-refractivity contribution in [3.63, 3.8) is 0 Å². The highest BCUT2D eigenvalue weighted by Gasteiger charge is 2.02. The summed E-state index contributed by atoms with van der Waals surface area (Å²) in [5.41, 5.74) is 10.4. The molecule has 3 N–H and O–H groups in total. The lowest BCUT2D eigenvalue weighted by Gasteiger charge is -2.06. The number of rotatable bonds is 3. The highest BCUT2D eigenvalue weighted by atomic mass is 16.3. The molecule has 0 unspecified atom stereocenters. The quantitative estimate of drug-likeness (QED) is 0.844. The van der Waals surface area contributed by atoms with E-state index >= 15 is 0 Å². The predicted octanol–water partition coefficient (Wildman–Crippen LogP) is 2.01. The number of aliphatic hydroxyl groups is 1. The SMILES string of the molecule is Cc1cc(CO)cc(-c2ccc(CN)cc2)n1. The van der Waals surface area contributed by atoms with Crippen molar-refractivity contribution in [3.05, 3.63) is 53.2 Å². The number of pyridine rings is 1. The summed E-state index contributed by atoms with van der Waals surface area (Å²) in [6.45, 7) is 2.51. The van der Waals surface area contributed by atoms with E-state index in [1.54, 1.807) is 0 Å². The van der Waals surface area contributed by atoms with E-state index in [1.807, 2.05) is 43.3 Å². The van der Waals surface area contributed by atoms with Gasteiger partial charge < -0.3 is 10.8 Å². The van der Waals surface area contributed by atoms with Crippen LogP contribution in [0.15, 0.2) is 36.4 Å². The summed E-state index contributed by atoms with van der Waals surface area (Å²) in [6.07, 6.45) is 0. The second kappa shape index (κ2) is 5.08. The number of aryl methyl sites for hydroxylation is 1. The molecule has 88 valence electrons. The molecule has 3 heteroatoms. The lowest BCUT2D eigenvalue weighted by Crippen LogP contribution is -1.96. The Morgan fingerprint density at radius 2 is 1.82 bits per heavy atom. The molecule has 0 fully saturated rings. The van der Waals surface area contributed by atoms with Crippen molar-refractivity contribution < 1.29 is 5.11 Å². The molecular weight excluding hydrogens is 212 g/mol. The Hall–Kier alpha value is -1.71. The van der Waals surface area contributed by atoms with Crippen molar-refractivity contribution >= 4 is 0 Å². The van der Waals surface area contributed by atoms with Gasteiger partial charge in [-0.2, -0.15) is 0 Å². The van der Waals surface area contributed by atoms with Gasteiger partial charge in [-0.1, -0.05) is 24.3 Å². The molecule has 0 aliphatic rings. The van der Waals surface area contributed by atoms with Crippen molar-refractivity contribution in [3.8, 4) is 11.3 Å². The molecule has 0 aliphatic heterocycles. The van der Waals surface area contributed by atoms with Gasteiger partial charge in [-0.05, 0) is 30.2 Å². The van der Waals surface area contributed by atoms with Crippen LogP contribution in [0.1, 0.15) is 16.8 Å². The van der Waals surface area contributed by atoms with Crippen molar-refractivity contribution in [1.82, 2.24) is 4.98 Å². The van der Waals surface area contributed by atoms with Crippen LogP contribution in [0.25, 0.3) is 11.3 Å². The van der Waals surface area contributed by atoms with E-state index in [1.165, 1.54) is 0 Å². The molecule has 0 spiro atoms. The van der Waals surface area contributed by atoms with Gasteiger partial charge in [-0.25, -0.2) is 0 Å². The van der Waals surface area contributed by atoms with E-state index in [4.69, 9.17) is 5.73 Å². The van der Waals surface area contributed by atoms with Gasteiger partial charge in [-0.3, -0.25) is 4.98 Å². The van der Waals surface area contributed by atoms with E-state index in [0.717, 1.165) is 28.1 Å². The molecule has 0 saturated heterocycles. The molecule has 1 heterocycles. The lowest BCUT2D eigenvalue weighted by atomic mass is 10.1. The summed E-state index contributed by atoms with van der Waals surface area (Å²) >= 11 is 0. The third kappa shape index (κ3) is 2.70. The molecule has 1 aromatic heterocycles. The molecule has 2 aromatic rings. The van der Waals surface area contributed by atoms with E-state index in [-0.39, 0.29) is 6.61 Å². The van der Waals surface area contributed by atoms with Crippen LogP contribution in [-0.4, -0.2) is 10.1 Å². The van der Waals surface area contributed by atoms with Gasteiger partial charge >= 0.3 is 0 Å². The fourth-order valence-electron chi connectivity index (χ4n) is 1.79. The number of nitrogens with two attached hydrogens (primary N) is 1. The number of hydrogen-bond donors (Lipinski definition) is 2. The first kappa shape index (κ1) is 11.8. The van der Waals surface area contributed by atoms with Gasteiger partial charge in [0.15, 0.2) is 0 Å². The Morgan fingerprint density at radius 3 is 2.41 bits per heavy atom. The molecule has 0 aliphatic carbocycles. The molecule has 0 atom stereocenters. The second-order valence-electron chi connectivity index (χ2n) is 4.06. The molecule has 0 bridgehead atoms. The van der Waals surface area contributed by atoms with Crippen LogP contribution in [0.5, 0.6) is 0 Å². The normalized spacial score (nSPS) is 10.5. The first-order valence-electron chi connectivity index (χ1n) is 5.60. The molecule has 0 radical (unpaired) electrons. The lowest BCUT2D eigenvalue weighted by molar-refractivity contribution is 0.281. The van der Waals surface area contributed by atoms with Crippen LogP contribution in [0.2, 0.25) is 0 Å². The van der Waals surface area contributed by atoms with Gasteiger partial charge in [-0.15, -0.1) is 0 Å². The third-order valence-corrected chi connectivity index (χ3v) is 2.68. The van der Waals surface area contributed by atoms with Crippen LogP contribution in [0.3, 0.4) is 0 Å². The number of benzene rings is 1. The van der Waals surface area contributed by atoms with Crippen LogP contribution < -0.4 is 5.73 Å². The van der Waals surface area contributed by atoms with Crippen LogP contribution in [-0.2, 0) is 13.2 Å². The van der Waals surface area contributed by atoms with Gasteiger partial charge in [0.25, 0.3) is 0 Å². The van der Waals surface area contributed by atoms with E-state index in [9.17, 15) is 5.11 Å². The minimum atomic E-state index is 0.0389. The smallest absolute Gasteiger partial charge is 0.0708 e. The van der Waals surface area contributed by atoms with Gasteiger partial charge in [0, 0.05) is 17.8 Å². The van der Waals surface area contributed by atoms with Crippen LogP contribution >= 0.6 is 0 Å². The predicted molar refractivity (Wildman–Crippen MR) is 68.2 cm³/mol. The number of nitrogens with zero attached hydrogens (tertiary/aromatic N) is 1. The molecule has 0 amide bonds. The fourth-order valence-corrected chi connectivity index (χ4v) is 1.79. The monoisotopic (exact) mass is 228 g/mol. The zero-order valence-corrected chi connectivity index (χ0v) is 9.85. The van der Waals surface area contributed by atoms with Crippen molar-refractivity contribution in [2.45, 2.75) is 20.1 Å². The minimum Gasteiger partial charge on any atom is -0.392 e. The van der Waals surface area contributed by atoms with E-state index in [0.29, 0.717) is 6.54 Å². The first-order valence-corrected chi connectivity index (χ1v) is 5.60. The summed E-state index contributed by atoms with van der Waals surface area (Å²) in [5, 5.41) is 9.17.